The van der Waals surface area contributed by atoms with Crippen LogP contribution in [0.5, 0.6) is 5.75 Å². The van der Waals surface area contributed by atoms with E-state index in [0.717, 1.165) is 18.2 Å². The maximum absolute atomic E-state index is 12.6. The zero-order valence-electron chi connectivity index (χ0n) is 24.5. The Hall–Kier alpha value is -3.67. The predicted molar refractivity (Wildman–Crippen MR) is 154 cm³/mol. The van der Waals surface area contributed by atoms with Gasteiger partial charge in [0, 0.05) is 17.3 Å². The van der Waals surface area contributed by atoms with Crippen molar-refractivity contribution in [2.24, 2.45) is 15.3 Å². The number of hydrogen-bond donors (Lipinski definition) is 3. The number of carbonyl (C=O) groups is 3. The van der Waals surface area contributed by atoms with E-state index in [1.54, 1.807) is 30.3 Å². The molecule has 3 N–H and O–H groups in total. The first-order chi connectivity index (χ1) is 20.4. The summed E-state index contributed by atoms with van der Waals surface area (Å²) in [7, 11) is -3.24. The van der Waals surface area contributed by atoms with Gasteiger partial charge in [-0.1, -0.05) is 6.07 Å². The molecule has 4 rings (SSSR count). The minimum atomic E-state index is -4.63. The number of Topliss-reactive ketones (excluding diaryl/α,β-unsaturated/α-hetero) is 1. The summed E-state index contributed by atoms with van der Waals surface area (Å²) in [4.78, 5) is 35.2. The van der Waals surface area contributed by atoms with Gasteiger partial charge in [-0.05, 0) is 79.2 Å². The molecule has 0 aliphatic heterocycles. The number of nitrogens with one attached hydrogen (secondary N) is 3. The predicted octanol–water partition coefficient (Wildman–Crippen LogP) is -2.36. The third-order valence-electron chi connectivity index (χ3n) is 5.76. The Morgan fingerprint density at radius 2 is 1.51 bits per heavy atom. The van der Waals surface area contributed by atoms with E-state index >= 15 is 0 Å². The summed E-state index contributed by atoms with van der Waals surface area (Å²) in [6, 6.07) is 15.6. The molecule has 3 aromatic rings. The number of anilines is 3. The first kappa shape index (κ1) is 37.5. The van der Waals surface area contributed by atoms with Gasteiger partial charge in [-0.25, -0.2) is 13.2 Å². The summed E-state index contributed by atoms with van der Waals surface area (Å²) in [5.74, 6) is -1.95. The average molecular weight is 649 g/mol. The largest absolute Gasteiger partial charge is 1.00 e. The molecule has 0 heterocycles. The summed E-state index contributed by atoms with van der Waals surface area (Å²) in [5, 5.41) is 28.5. The number of hydrogen-bond acceptors (Lipinski definition) is 12. The van der Waals surface area contributed by atoms with E-state index in [0.29, 0.717) is 22.7 Å². The molecule has 0 saturated carbocycles. The number of rotatable bonds is 9. The minimum Gasteiger partial charge on any atom is -0.744 e. The van der Waals surface area contributed by atoms with E-state index in [-0.39, 0.29) is 81.8 Å². The molecule has 3 aromatic carbocycles. The first-order valence-corrected chi connectivity index (χ1v) is 13.7. The summed E-state index contributed by atoms with van der Waals surface area (Å²) >= 11 is 0. The van der Waals surface area contributed by atoms with Gasteiger partial charge < -0.3 is 29.8 Å². The number of nitrogens with zero attached hydrogens (tertiary/aromatic N) is 3. The number of amides is 2. The number of urea groups is 1. The van der Waals surface area contributed by atoms with Crippen molar-refractivity contribution < 1.29 is 96.3 Å². The second-order valence-corrected chi connectivity index (χ2v) is 10.2. The van der Waals surface area contributed by atoms with Gasteiger partial charge in [0.15, 0.2) is 5.78 Å². The summed E-state index contributed by atoms with van der Waals surface area (Å²) < 4.78 is 38.9. The molecule has 17 heteroatoms. The number of aliphatic carboxylic acids is 1. The van der Waals surface area contributed by atoms with Crippen LogP contribution in [0.1, 0.15) is 6.92 Å². The molecule has 0 atom stereocenters. The molecule has 0 radical (unpaired) electrons. The van der Waals surface area contributed by atoms with Crippen LogP contribution >= 0.6 is 0 Å². The van der Waals surface area contributed by atoms with Crippen LogP contribution in [0.4, 0.5) is 33.2 Å². The molecular weight excluding hydrogens is 626 g/mol. The molecular formula is C28H22N6Na2O8S. The van der Waals surface area contributed by atoms with E-state index in [2.05, 4.69) is 31.4 Å². The second-order valence-electron chi connectivity index (χ2n) is 8.84. The molecule has 14 nitrogen and oxygen atoms in total. The Morgan fingerprint density at radius 1 is 0.867 bits per heavy atom. The van der Waals surface area contributed by atoms with Crippen molar-refractivity contribution in [2.75, 3.05) is 23.2 Å². The van der Waals surface area contributed by atoms with E-state index in [4.69, 9.17) is 4.74 Å². The van der Waals surface area contributed by atoms with Crippen LogP contribution in [0.25, 0.3) is 0 Å². The number of allylic oxidation sites excluding steroid dienone is 3. The van der Waals surface area contributed by atoms with Crippen molar-refractivity contribution in [3.63, 3.8) is 0 Å². The van der Waals surface area contributed by atoms with E-state index in [9.17, 15) is 32.5 Å². The zero-order valence-corrected chi connectivity index (χ0v) is 29.3. The minimum absolute atomic E-state index is 0. The first-order valence-electron chi connectivity index (χ1n) is 12.3. The van der Waals surface area contributed by atoms with Gasteiger partial charge in [-0.15, -0.1) is 0 Å². The van der Waals surface area contributed by atoms with Crippen LogP contribution in [-0.2, 0) is 19.7 Å². The van der Waals surface area contributed by atoms with Gasteiger partial charge in [0.05, 0.1) is 46.4 Å². The van der Waals surface area contributed by atoms with E-state index < -0.39 is 38.4 Å². The maximum Gasteiger partial charge on any atom is 1.00 e. The molecule has 0 unspecified atom stereocenters. The quantitative estimate of drug-likeness (QED) is 0.0565. The van der Waals surface area contributed by atoms with E-state index in [1.807, 2.05) is 0 Å². The van der Waals surface area contributed by atoms with Crippen LogP contribution in [-0.4, -0.2) is 43.6 Å². The van der Waals surface area contributed by atoms with Gasteiger partial charge >= 0.3 is 65.1 Å². The van der Waals surface area contributed by atoms with Crippen molar-refractivity contribution in [3.8, 4) is 5.75 Å². The molecule has 45 heavy (non-hydrogen) atoms. The normalized spacial score (nSPS) is 13.6. The third-order valence-corrected chi connectivity index (χ3v) is 6.59. The number of hydrazone groups is 1. The Kier molecular flexibility index (Phi) is 13.8. The fourth-order valence-electron chi connectivity index (χ4n) is 3.67. The van der Waals surface area contributed by atoms with Gasteiger partial charge in [0.1, 0.15) is 15.9 Å². The van der Waals surface area contributed by atoms with Gasteiger partial charge in [0.2, 0.25) is 0 Å². The molecule has 2 amide bonds. The number of carboxylic acid groups (broad SMARTS) is 1. The molecule has 1 aliphatic carbocycles. The van der Waals surface area contributed by atoms with Gasteiger partial charge in [-0.3, -0.25) is 10.2 Å². The third kappa shape index (κ3) is 10.4. The molecule has 1 aliphatic rings. The molecule has 0 fully saturated rings. The van der Waals surface area contributed by atoms with Crippen molar-refractivity contribution in [1.82, 2.24) is 0 Å². The fourth-order valence-corrected chi connectivity index (χ4v) is 4.19. The molecule has 0 bridgehead atoms. The number of azo groups is 1. The number of benzene rings is 3. The van der Waals surface area contributed by atoms with Crippen LogP contribution in [0.2, 0.25) is 0 Å². The topological polar surface area (TPSA) is 214 Å². The standard InChI is InChI=1S/C28H24N6O8S.2Na/c1-16-12-21(14-23(26(16)35)27(36)37)34-31-18-8-6-17(7-9-18)29-28(38)30-24-11-10-20(15-25(24)42-2)33-32-19-4-3-5-22(13-19)43(39,40)41;;/h3-15,31H,1-2H3,(H,36,37)(H2,29,30,38)(H,39,40,41);;/q;2*+1/p-2/b33-32?,34-21+;;. The molecule has 0 saturated heterocycles. The van der Waals surface area contributed by atoms with Crippen molar-refractivity contribution in [3.05, 3.63) is 90.0 Å². The van der Waals surface area contributed by atoms with Gasteiger partial charge in [-0.2, -0.15) is 15.3 Å². The summed E-state index contributed by atoms with van der Waals surface area (Å²) in [6.07, 6.45) is 2.56. The number of ether oxygens (including phenoxy) is 1. The Labute approximate surface area is 302 Å². The van der Waals surface area contributed by atoms with Crippen LogP contribution in [0, 0.1) is 0 Å². The monoisotopic (exact) mass is 648 g/mol. The van der Waals surface area contributed by atoms with Crippen molar-refractivity contribution >= 4 is 62.1 Å². The fraction of sp³-hybridized carbons (Fsp3) is 0.0714. The number of carbonyl (C=O) groups excluding carboxylic acids is 3. The van der Waals surface area contributed by atoms with Crippen LogP contribution in [0.3, 0.4) is 0 Å². The molecule has 220 valence electrons. The van der Waals surface area contributed by atoms with E-state index in [1.165, 1.54) is 44.4 Å². The SMILES string of the molecule is COc1cc(N=Nc2cccc(S(=O)(=O)[O-])c2)ccc1NC(=O)Nc1ccc(N/N=C2\C=C(C)C(=O)C(C(=O)[O-])=C2)cc1.[Na+].[Na+]. The zero-order chi connectivity index (χ0) is 31.1. The Bertz CT molecular complexity index is 1840. The van der Waals surface area contributed by atoms with Crippen LogP contribution < -0.4 is 85.0 Å². The Balaban J connectivity index is 0.00000353. The average Bonchev–Trinajstić information content (AvgIpc) is 2.97. The van der Waals surface area contributed by atoms with Gasteiger partial charge in [0.25, 0.3) is 0 Å². The van der Waals surface area contributed by atoms with Crippen molar-refractivity contribution in [1.29, 1.82) is 0 Å². The number of methoxy groups -OCH3 is 1. The molecule has 0 aromatic heterocycles. The molecule has 0 spiro atoms. The van der Waals surface area contributed by atoms with Crippen molar-refractivity contribution in [2.45, 2.75) is 11.8 Å². The summed E-state index contributed by atoms with van der Waals surface area (Å²) in [6.45, 7) is 1.48. The maximum atomic E-state index is 12.6. The Morgan fingerprint density at radius 3 is 2.13 bits per heavy atom. The smallest absolute Gasteiger partial charge is 0.744 e. The summed E-state index contributed by atoms with van der Waals surface area (Å²) in [5.41, 5.74) is 4.50. The number of carboxylic acids is 1. The van der Waals surface area contributed by atoms with Crippen LogP contribution in [0.15, 0.2) is 110 Å². The second kappa shape index (κ2) is 16.6. The number of ketones is 1.